The number of hydrogen-bond acceptors (Lipinski definition) is 5. The monoisotopic (exact) mass is 371 g/mol. The minimum absolute atomic E-state index is 0.0799. The van der Waals surface area contributed by atoms with Gasteiger partial charge in [0.25, 0.3) is 5.56 Å². The number of nitrogens with zero attached hydrogens (tertiary/aromatic N) is 2. The number of thioether (sulfide) groups is 1. The van der Waals surface area contributed by atoms with Crippen molar-refractivity contribution in [3.8, 4) is 0 Å². The van der Waals surface area contributed by atoms with E-state index in [0.717, 1.165) is 29.7 Å². The maximum absolute atomic E-state index is 12.2. The van der Waals surface area contributed by atoms with Crippen molar-refractivity contribution in [1.29, 1.82) is 0 Å². The number of H-pyrrole nitrogens is 2. The van der Waals surface area contributed by atoms with E-state index in [-0.39, 0.29) is 16.7 Å². The third-order valence-electron chi connectivity index (χ3n) is 3.83. The molecule has 0 aliphatic heterocycles. The number of carbonyl (C=O) groups excluding carboxylic acids is 1. The summed E-state index contributed by atoms with van der Waals surface area (Å²) in [5, 5.41) is 3.03. The summed E-state index contributed by atoms with van der Waals surface area (Å²) in [4.78, 5) is 38.3. The lowest BCUT2D eigenvalue weighted by Gasteiger charge is -2.11. The zero-order valence-corrected chi connectivity index (χ0v) is 15.5. The van der Waals surface area contributed by atoms with Gasteiger partial charge in [-0.2, -0.15) is 0 Å². The van der Waals surface area contributed by atoms with Gasteiger partial charge in [-0.05, 0) is 32.4 Å². The number of amides is 1. The number of fused-ring (bicyclic) bond motifs is 1. The fourth-order valence-electron chi connectivity index (χ4n) is 2.56. The Labute approximate surface area is 155 Å². The Kier molecular flexibility index (Phi) is 5.72. The molecular formula is C18H21N5O2S. The minimum atomic E-state index is -0.342. The first-order chi connectivity index (χ1) is 12.5. The van der Waals surface area contributed by atoms with Crippen LogP contribution < -0.4 is 10.9 Å². The van der Waals surface area contributed by atoms with Crippen LogP contribution in [0.1, 0.15) is 24.9 Å². The second-order valence-electron chi connectivity index (χ2n) is 6.05. The quantitative estimate of drug-likeness (QED) is 0.335. The van der Waals surface area contributed by atoms with Crippen LogP contribution in [0.4, 0.5) is 0 Å². The predicted molar refractivity (Wildman–Crippen MR) is 102 cm³/mol. The number of imidazole rings is 1. The Morgan fingerprint density at radius 1 is 1.27 bits per heavy atom. The maximum Gasteiger partial charge on any atom is 0.251 e. The highest BCUT2D eigenvalue weighted by Crippen LogP contribution is 2.18. The zero-order chi connectivity index (χ0) is 18.5. The first-order valence-corrected chi connectivity index (χ1v) is 9.35. The fraction of sp³-hybridized carbons (Fsp3) is 0.333. The van der Waals surface area contributed by atoms with Crippen LogP contribution in [0.5, 0.6) is 0 Å². The molecule has 136 valence electrons. The van der Waals surface area contributed by atoms with Gasteiger partial charge in [0.15, 0.2) is 5.16 Å². The molecule has 3 aromatic rings. The highest BCUT2D eigenvalue weighted by Gasteiger charge is 2.15. The molecule has 0 spiro atoms. The van der Waals surface area contributed by atoms with Crippen LogP contribution in [-0.4, -0.2) is 37.6 Å². The van der Waals surface area contributed by atoms with Crippen molar-refractivity contribution >= 4 is 28.7 Å². The van der Waals surface area contributed by atoms with Crippen molar-refractivity contribution in [2.45, 2.75) is 37.1 Å². The molecule has 2 aromatic heterocycles. The molecule has 2 heterocycles. The Morgan fingerprint density at radius 2 is 2.08 bits per heavy atom. The number of aryl methyl sites for hydroxylation is 2. The van der Waals surface area contributed by atoms with Gasteiger partial charge in [-0.25, -0.2) is 9.97 Å². The molecule has 26 heavy (non-hydrogen) atoms. The molecule has 3 N–H and O–H groups in total. The average molecular weight is 371 g/mol. The third-order valence-corrected chi connectivity index (χ3v) is 4.82. The summed E-state index contributed by atoms with van der Waals surface area (Å²) in [6.07, 6.45) is 1.56. The molecule has 0 aliphatic carbocycles. The molecule has 7 nitrogen and oxygen atoms in total. The molecule has 0 saturated carbocycles. The van der Waals surface area contributed by atoms with E-state index in [9.17, 15) is 9.59 Å². The van der Waals surface area contributed by atoms with Gasteiger partial charge < -0.3 is 15.3 Å². The molecule has 8 heteroatoms. The predicted octanol–water partition coefficient (Wildman–Crippen LogP) is 2.18. The van der Waals surface area contributed by atoms with Crippen LogP contribution in [0.2, 0.25) is 0 Å². The first kappa shape index (κ1) is 18.2. The van der Waals surface area contributed by atoms with Crippen molar-refractivity contribution in [3.05, 3.63) is 52.2 Å². The van der Waals surface area contributed by atoms with Crippen molar-refractivity contribution in [1.82, 2.24) is 25.3 Å². The number of carbonyl (C=O) groups is 1. The van der Waals surface area contributed by atoms with E-state index in [1.807, 2.05) is 24.3 Å². The number of hydrogen-bond donors (Lipinski definition) is 3. The number of aromatic amines is 2. The van der Waals surface area contributed by atoms with Crippen LogP contribution in [0.15, 0.2) is 40.3 Å². The smallest absolute Gasteiger partial charge is 0.251 e. The highest BCUT2D eigenvalue weighted by atomic mass is 32.2. The second-order valence-corrected chi connectivity index (χ2v) is 7.38. The van der Waals surface area contributed by atoms with E-state index in [2.05, 4.69) is 25.3 Å². The van der Waals surface area contributed by atoms with Gasteiger partial charge in [-0.3, -0.25) is 9.59 Å². The van der Waals surface area contributed by atoms with Crippen molar-refractivity contribution in [2.75, 3.05) is 6.54 Å². The Morgan fingerprint density at radius 3 is 2.85 bits per heavy atom. The first-order valence-electron chi connectivity index (χ1n) is 8.47. The lowest BCUT2D eigenvalue weighted by molar-refractivity contribution is -0.120. The molecule has 0 aliphatic rings. The highest BCUT2D eigenvalue weighted by molar-refractivity contribution is 8.00. The van der Waals surface area contributed by atoms with E-state index < -0.39 is 0 Å². The summed E-state index contributed by atoms with van der Waals surface area (Å²) < 4.78 is 0. The van der Waals surface area contributed by atoms with Gasteiger partial charge in [0.2, 0.25) is 5.91 Å². The van der Waals surface area contributed by atoms with Gasteiger partial charge in [0.1, 0.15) is 5.82 Å². The van der Waals surface area contributed by atoms with E-state index in [1.165, 1.54) is 17.8 Å². The second kappa shape index (κ2) is 8.18. The van der Waals surface area contributed by atoms with Crippen LogP contribution in [0.3, 0.4) is 0 Å². The molecule has 0 saturated heterocycles. The Balaban J connectivity index is 1.45. The summed E-state index contributed by atoms with van der Waals surface area (Å²) in [5.41, 5.74) is 2.40. The Hall–Kier alpha value is -2.61. The summed E-state index contributed by atoms with van der Waals surface area (Å²) in [6, 6.07) is 9.32. The van der Waals surface area contributed by atoms with Gasteiger partial charge in [0.05, 0.1) is 16.3 Å². The van der Waals surface area contributed by atoms with Crippen molar-refractivity contribution in [3.63, 3.8) is 0 Å². The number of rotatable bonds is 7. The zero-order valence-electron chi connectivity index (χ0n) is 14.7. The average Bonchev–Trinajstić information content (AvgIpc) is 3.00. The molecule has 1 amide bonds. The standard InChI is InChI=1S/C18H21N5O2S/c1-11-10-16(24)23-18(20-11)26-12(2)17(25)19-9-5-8-15-21-13-6-3-4-7-14(13)22-15/h3-4,6-7,10,12H,5,8-9H2,1-2H3,(H,19,25)(H,21,22)(H,20,23,24). The molecule has 1 atom stereocenters. The molecule has 1 unspecified atom stereocenters. The summed E-state index contributed by atoms with van der Waals surface area (Å²) >= 11 is 1.24. The van der Waals surface area contributed by atoms with E-state index in [1.54, 1.807) is 13.8 Å². The van der Waals surface area contributed by atoms with Crippen LogP contribution in [0, 0.1) is 6.92 Å². The number of benzene rings is 1. The topological polar surface area (TPSA) is 104 Å². The van der Waals surface area contributed by atoms with Gasteiger partial charge in [-0.15, -0.1) is 0 Å². The van der Waals surface area contributed by atoms with E-state index in [0.29, 0.717) is 17.4 Å². The van der Waals surface area contributed by atoms with Crippen LogP contribution in [-0.2, 0) is 11.2 Å². The summed E-state index contributed by atoms with van der Waals surface area (Å²) in [5.74, 6) is 0.841. The normalized spacial score (nSPS) is 12.2. The molecule has 0 fully saturated rings. The molecule has 0 bridgehead atoms. The third kappa shape index (κ3) is 4.72. The maximum atomic E-state index is 12.2. The lowest BCUT2D eigenvalue weighted by Crippen LogP contribution is -2.32. The SMILES string of the molecule is Cc1cc(=O)[nH]c(SC(C)C(=O)NCCCc2nc3ccccc3[nH]2)n1. The largest absolute Gasteiger partial charge is 0.355 e. The van der Waals surface area contributed by atoms with E-state index >= 15 is 0 Å². The van der Waals surface area contributed by atoms with Crippen molar-refractivity contribution in [2.24, 2.45) is 0 Å². The Bertz CT molecular complexity index is 932. The molecule has 0 radical (unpaired) electrons. The summed E-state index contributed by atoms with van der Waals surface area (Å²) in [7, 11) is 0. The molecular weight excluding hydrogens is 350 g/mol. The fourth-order valence-corrected chi connectivity index (χ4v) is 3.45. The van der Waals surface area contributed by atoms with Crippen LogP contribution in [0.25, 0.3) is 11.0 Å². The van der Waals surface area contributed by atoms with Gasteiger partial charge in [-0.1, -0.05) is 23.9 Å². The summed E-state index contributed by atoms with van der Waals surface area (Å²) in [6.45, 7) is 4.11. The molecule has 3 rings (SSSR count). The lowest BCUT2D eigenvalue weighted by atomic mass is 10.3. The number of aromatic nitrogens is 4. The number of nitrogens with one attached hydrogen (secondary N) is 3. The molecule has 1 aromatic carbocycles. The van der Waals surface area contributed by atoms with Crippen molar-refractivity contribution < 1.29 is 4.79 Å². The van der Waals surface area contributed by atoms with E-state index in [4.69, 9.17) is 0 Å². The number of para-hydroxylation sites is 2. The van der Waals surface area contributed by atoms with Gasteiger partial charge in [0, 0.05) is 24.7 Å². The minimum Gasteiger partial charge on any atom is -0.355 e. The van der Waals surface area contributed by atoms with Crippen LogP contribution >= 0.6 is 11.8 Å². The van der Waals surface area contributed by atoms with Gasteiger partial charge >= 0.3 is 0 Å².